The first kappa shape index (κ1) is 69.7. The zero-order valence-corrected chi connectivity index (χ0v) is 45.0. The Morgan fingerprint density at radius 2 is 0.857 bits per heavy atom. The quantitative estimate of drug-likeness (QED) is 0.0495. The summed E-state index contributed by atoms with van der Waals surface area (Å²) in [5, 5.41) is 47.1. The molecule has 2 unspecified atom stereocenters. The van der Waals surface area contributed by atoms with Gasteiger partial charge < -0.3 is 68.3 Å². The van der Waals surface area contributed by atoms with Crippen LogP contribution in [0.25, 0.3) is 0 Å². The molecule has 407 valence electrons. The van der Waals surface area contributed by atoms with Crippen LogP contribution in [0.3, 0.4) is 0 Å². The fraction of sp³-hybridized carbons (Fsp3) is 0.851. The van der Waals surface area contributed by atoms with Crippen LogP contribution in [0.1, 0.15) is 171 Å². The Labute approximate surface area is 451 Å². The third-order valence-electron chi connectivity index (χ3n) is 11.0. The average Bonchev–Trinajstić information content (AvgIpc) is 3.27. The predicted octanol–water partition coefficient (Wildman–Crippen LogP) is 0.592. The maximum atomic E-state index is 12.8. The van der Waals surface area contributed by atoms with Gasteiger partial charge in [0.2, 0.25) is 5.91 Å². The molecule has 0 aliphatic carbocycles. The van der Waals surface area contributed by atoms with Gasteiger partial charge in [-0.3, -0.25) is 33.6 Å². The summed E-state index contributed by atoms with van der Waals surface area (Å²) in [6.07, 6.45) is 23.2. The molecular weight excluding hydrogens is 1080 g/mol. The van der Waals surface area contributed by atoms with Gasteiger partial charge in [-0.05, 0) is 12.8 Å². The molecule has 21 nitrogen and oxygen atoms in total. The van der Waals surface area contributed by atoms with Crippen molar-refractivity contribution in [3.63, 3.8) is 0 Å². The van der Waals surface area contributed by atoms with Crippen LogP contribution in [0.4, 0.5) is 0 Å². The number of carboxylic acids is 4. The summed E-state index contributed by atoms with van der Waals surface area (Å²) >= 11 is 0. The van der Waals surface area contributed by atoms with Crippen LogP contribution in [0, 0.1) is 39.9 Å². The number of nitrogens with one attached hydrogen (secondary N) is 1. The molecule has 0 saturated heterocycles. The van der Waals surface area contributed by atoms with Gasteiger partial charge in [0, 0.05) is 71.7 Å². The van der Waals surface area contributed by atoms with Crippen molar-refractivity contribution in [3.05, 3.63) is 0 Å². The number of rotatable bonds is 50. The number of carbonyl (C=O) groups excluding carboxylic acids is 7. The van der Waals surface area contributed by atoms with Gasteiger partial charge in [0.15, 0.2) is 6.10 Å². The molecule has 0 fully saturated rings. The summed E-state index contributed by atoms with van der Waals surface area (Å²) in [4.78, 5) is 98.6. The van der Waals surface area contributed by atoms with Gasteiger partial charge in [0.25, 0.3) is 7.82 Å². The minimum Gasteiger partial charge on any atom is -0.756 e. The third-order valence-corrected chi connectivity index (χ3v) is 12.0. The number of hydrogen-bond acceptors (Lipinski definition) is 20. The molecule has 1 amide bonds. The van der Waals surface area contributed by atoms with Crippen molar-refractivity contribution in [2.75, 3.05) is 85.3 Å². The fourth-order valence-corrected chi connectivity index (χ4v) is 8.04. The number of unbranched alkanes of at least 4 members (excludes halogenated alkanes) is 20. The molecule has 0 spiro atoms. The van der Waals surface area contributed by atoms with E-state index >= 15 is 0 Å². The van der Waals surface area contributed by atoms with E-state index in [1.807, 2.05) is 0 Å². The van der Waals surface area contributed by atoms with Gasteiger partial charge in [-0.2, -0.15) is 0 Å². The smallest absolute Gasteiger partial charge is 0.756 e. The minimum absolute atomic E-state index is 0. The van der Waals surface area contributed by atoms with Crippen LogP contribution in [0.2, 0.25) is 0 Å². The number of carbonyl (C=O) groups is 7. The SMILES string of the molecule is CCCCCCCCCCCCCC(=O)OCC(COP(=O)([O-])OCCNC(=O)CN(CCN(CCN(CC(=O)[O-])CC(=O)[O-])CC(=O)[O-])CC(=O)[O-])OC(=O)CCCCCCCCCCCCC.[Gd+3].[H+].[H+]. The molecule has 0 aliphatic rings. The monoisotopic (exact) mass is 1170 g/mol. The van der Waals surface area contributed by atoms with E-state index in [-0.39, 0.29) is 88.4 Å². The number of phosphoric ester groups is 1. The summed E-state index contributed by atoms with van der Waals surface area (Å²) < 4.78 is 33.3. The predicted molar refractivity (Wildman–Crippen MR) is 247 cm³/mol. The minimum atomic E-state index is -5.06. The van der Waals surface area contributed by atoms with Crippen LogP contribution < -0.4 is 30.6 Å². The number of ether oxygens (including phenoxy) is 2. The standard InChI is InChI=1S/C47H87N4O17P.Gd/c1-3-5-7-9-11-13-15-17-19-21-23-25-46(61)65-38-40(68-47(62)26-24-22-20-18-16-14-12-10-8-6-4-2)39-67-69(63,64)66-32-27-48-41(52)33-50(35-43(55)56)30-28-49(34-42(53)54)29-31-51(36-44(57)58)37-45(59)60;/h40H,3-39H2,1-2H3,(H,48,52)(H,53,54)(H,55,56)(H,57,58)(H,59,60)(H,63,64);/q;+3/p-3. The zero-order valence-electron chi connectivity index (χ0n) is 43.8. The van der Waals surface area contributed by atoms with E-state index in [1.54, 1.807) is 0 Å². The van der Waals surface area contributed by atoms with Crippen LogP contribution in [-0.2, 0) is 56.6 Å². The van der Waals surface area contributed by atoms with E-state index < -0.39 is 108 Å². The molecule has 0 heterocycles. The molecule has 0 aromatic heterocycles. The molecule has 2 atom stereocenters. The topological polar surface area (TPSA) is 311 Å². The first-order valence-corrected chi connectivity index (χ1v) is 26.6. The third kappa shape index (κ3) is 46.7. The van der Waals surface area contributed by atoms with E-state index in [0.29, 0.717) is 12.8 Å². The van der Waals surface area contributed by atoms with Gasteiger partial charge in [-0.25, -0.2) is 0 Å². The summed E-state index contributed by atoms with van der Waals surface area (Å²) in [5.74, 6) is -8.17. The summed E-state index contributed by atoms with van der Waals surface area (Å²) in [6, 6.07) is 0. The van der Waals surface area contributed by atoms with Crippen LogP contribution >= 0.6 is 7.82 Å². The van der Waals surface area contributed by atoms with E-state index in [2.05, 4.69) is 19.2 Å². The van der Waals surface area contributed by atoms with E-state index in [4.69, 9.17) is 18.5 Å². The Kier molecular flexibility index (Phi) is 46.2. The van der Waals surface area contributed by atoms with Gasteiger partial charge in [-0.15, -0.1) is 0 Å². The summed E-state index contributed by atoms with van der Waals surface area (Å²) in [7, 11) is -5.06. The molecule has 0 aromatic rings. The van der Waals surface area contributed by atoms with E-state index in [9.17, 15) is 63.4 Å². The van der Waals surface area contributed by atoms with Crippen LogP contribution in [0.5, 0.6) is 0 Å². The molecule has 0 rings (SSSR count). The second-order valence-electron chi connectivity index (χ2n) is 17.5. The number of phosphoric acid groups is 1. The van der Waals surface area contributed by atoms with Gasteiger partial charge >= 0.3 is 54.7 Å². The Balaban J connectivity index is -0.00000771. The van der Waals surface area contributed by atoms with Crippen molar-refractivity contribution in [1.82, 2.24) is 20.0 Å². The second-order valence-corrected chi connectivity index (χ2v) is 18.9. The molecule has 0 saturated carbocycles. The van der Waals surface area contributed by atoms with Crippen molar-refractivity contribution in [2.24, 2.45) is 0 Å². The molecule has 0 aromatic carbocycles. The normalized spacial score (nSPS) is 12.6. The molecule has 0 aliphatic heterocycles. The summed E-state index contributed by atoms with van der Waals surface area (Å²) in [5.41, 5.74) is 0. The number of aliphatic carboxylic acids is 4. The largest absolute Gasteiger partial charge is 3.00 e. The van der Waals surface area contributed by atoms with Crippen LogP contribution in [0.15, 0.2) is 0 Å². The van der Waals surface area contributed by atoms with Gasteiger partial charge in [0.05, 0.1) is 43.6 Å². The van der Waals surface area contributed by atoms with Crippen molar-refractivity contribution >= 4 is 49.5 Å². The van der Waals surface area contributed by atoms with Gasteiger partial charge in [0.1, 0.15) is 6.61 Å². The second kappa shape index (κ2) is 46.4. The molecule has 1 N–H and O–H groups in total. The van der Waals surface area contributed by atoms with Crippen molar-refractivity contribution in [1.29, 1.82) is 0 Å². The van der Waals surface area contributed by atoms with Crippen LogP contribution in [-0.4, -0.2) is 148 Å². The summed E-state index contributed by atoms with van der Waals surface area (Å²) in [6.45, 7) is -2.21. The van der Waals surface area contributed by atoms with E-state index in [0.717, 1.165) is 61.2 Å². The first-order valence-electron chi connectivity index (χ1n) is 25.1. The molecule has 23 heteroatoms. The Morgan fingerprint density at radius 1 is 0.500 bits per heavy atom. The average molecular weight is 1170 g/mol. The Bertz CT molecular complexity index is 1480. The molecule has 70 heavy (non-hydrogen) atoms. The Hall–Kier alpha value is -2.40. The number of carboxylic acid groups (broad SMARTS) is 4. The first-order chi connectivity index (χ1) is 33.0. The maximum absolute atomic E-state index is 12.8. The fourth-order valence-electron chi connectivity index (χ4n) is 7.30. The van der Waals surface area contributed by atoms with Crippen molar-refractivity contribution in [2.45, 2.75) is 174 Å². The van der Waals surface area contributed by atoms with Crippen molar-refractivity contribution in [3.8, 4) is 0 Å². The molecule has 0 bridgehead atoms. The zero-order chi connectivity index (χ0) is 51.5. The van der Waals surface area contributed by atoms with E-state index in [1.165, 1.54) is 81.9 Å². The molecule has 1 radical (unpaired) electrons. The number of nitrogens with zero attached hydrogens (tertiary/aromatic N) is 3. The number of hydrogen-bond donors (Lipinski definition) is 1. The van der Waals surface area contributed by atoms with Crippen molar-refractivity contribution < 1.29 is 125 Å². The Morgan fingerprint density at radius 3 is 1.27 bits per heavy atom. The molecular formula is C47H84GdN4O17P. The van der Waals surface area contributed by atoms with Gasteiger partial charge in [-0.1, -0.05) is 142 Å². The number of esters is 2. The number of amides is 1. The maximum Gasteiger partial charge on any atom is 3.00 e.